The summed E-state index contributed by atoms with van der Waals surface area (Å²) in [6.07, 6.45) is 3.06. The molecule has 2 aliphatic heterocycles. The summed E-state index contributed by atoms with van der Waals surface area (Å²) in [6.45, 7) is 0. The molecule has 5 rings (SSSR count). The van der Waals surface area contributed by atoms with Crippen molar-refractivity contribution in [2.45, 2.75) is 50.3 Å². The molecule has 32 heavy (non-hydrogen) atoms. The fourth-order valence-corrected chi connectivity index (χ4v) is 5.12. The quantitative estimate of drug-likeness (QED) is 0.527. The normalized spacial score (nSPS) is 20.3. The van der Waals surface area contributed by atoms with Gasteiger partial charge in [-0.25, -0.2) is 4.79 Å². The highest BCUT2D eigenvalue weighted by molar-refractivity contribution is 5.86. The maximum atomic E-state index is 13.6. The van der Waals surface area contributed by atoms with E-state index in [1.165, 1.54) is 11.1 Å². The lowest BCUT2D eigenvalue weighted by Crippen LogP contribution is -2.49. The van der Waals surface area contributed by atoms with Crippen molar-refractivity contribution in [2.75, 3.05) is 0 Å². The van der Waals surface area contributed by atoms with Crippen molar-refractivity contribution >= 4 is 11.9 Å². The molecule has 2 atom stereocenters. The van der Waals surface area contributed by atoms with Crippen molar-refractivity contribution in [3.63, 3.8) is 0 Å². The van der Waals surface area contributed by atoms with Gasteiger partial charge in [-0.3, -0.25) is 4.79 Å². The van der Waals surface area contributed by atoms with E-state index in [1.54, 1.807) is 0 Å². The third-order valence-electron chi connectivity index (χ3n) is 6.65. The first-order valence-corrected chi connectivity index (χ1v) is 11.4. The van der Waals surface area contributed by atoms with E-state index < -0.39 is 12.1 Å². The SMILES string of the molecule is O=C(OC(c1ccccc1)c1ccccc1)C1CCCC2c3ccccc3CCC(=O)N12. The number of nitrogens with zero attached hydrogens (tertiary/aromatic N) is 1. The molecule has 3 aromatic rings. The molecule has 2 aliphatic rings. The molecule has 0 N–H and O–H groups in total. The average molecular weight is 426 g/mol. The predicted molar refractivity (Wildman–Crippen MR) is 123 cm³/mol. The fourth-order valence-electron chi connectivity index (χ4n) is 5.12. The highest BCUT2D eigenvalue weighted by Gasteiger charge is 2.42. The molecule has 162 valence electrons. The van der Waals surface area contributed by atoms with Gasteiger partial charge in [-0.15, -0.1) is 0 Å². The zero-order valence-electron chi connectivity index (χ0n) is 18.0. The Morgan fingerprint density at radius 3 is 2.12 bits per heavy atom. The van der Waals surface area contributed by atoms with Crippen LogP contribution in [0.15, 0.2) is 84.9 Å². The van der Waals surface area contributed by atoms with E-state index in [2.05, 4.69) is 12.1 Å². The molecule has 0 bridgehead atoms. The molecule has 1 fully saturated rings. The third-order valence-corrected chi connectivity index (χ3v) is 6.65. The Kier molecular flexibility index (Phi) is 5.76. The average Bonchev–Trinajstić information content (AvgIpc) is 3.00. The van der Waals surface area contributed by atoms with Crippen molar-refractivity contribution < 1.29 is 14.3 Å². The number of aryl methyl sites for hydroxylation is 1. The molecule has 1 amide bonds. The van der Waals surface area contributed by atoms with E-state index in [9.17, 15) is 9.59 Å². The van der Waals surface area contributed by atoms with Gasteiger partial charge in [0.15, 0.2) is 6.10 Å². The molecule has 0 spiro atoms. The first kappa shape index (κ1) is 20.5. The number of hydrogen-bond acceptors (Lipinski definition) is 3. The maximum Gasteiger partial charge on any atom is 0.329 e. The minimum absolute atomic E-state index is 0.0452. The zero-order chi connectivity index (χ0) is 21.9. The molecule has 0 saturated carbocycles. The number of piperidine rings is 1. The summed E-state index contributed by atoms with van der Waals surface area (Å²) in [7, 11) is 0. The second-order valence-corrected chi connectivity index (χ2v) is 8.60. The summed E-state index contributed by atoms with van der Waals surface area (Å²) in [5.74, 6) is -0.274. The second kappa shape index (κ2) is 8.99. The van der Waals surface area contributed by atoms with Crippen molar-refractivity contribution in [1.82, 2.24) is 4.90 Å². The van der Waals surface area contributed by atoms with Crippen LogP contribution in [0.5, 0.6) is 0 Å². The van der Waals surface area contributed by atoms with Gasteiger partial charge in [-0.1, -0.05) is 84.9 Å². The number of rotatable bonds is 4. The van der Waals surface area contributed by atoms with Gasteiger partial charge in [0.2, 0.25) is 5.91 Å². The number of benzene rings is 3. The summed E-state index contributed by atoms with van der Waals surface area (Å²) in [5.41, 5.74) is 4.24. The van der Waals surface area contributed by atoms with Gasteiger partial charge in [0.25, 0.3) is 0 Å². The topological polar surface area (TPSA) is 46.6 Å². The van der Waals surface area contributed by atoms with Gasteiger partial charge >= 0.3 is 5.97 Å². The monoisotopic (exact) mass is 425 g/mol. The minimum atomic E-state index is -0.553. The molecule has 4 nitrogen and oxygen atoms in total. The van der Waals surface area contributed by atoms with E-state index in [-0.39, 0.29) is 17.9 Å². The van der Waals surface area contributed by atoms with Crippen LogP contribution in [0, 0.1) is 0 Å². The van der Waals surface area contributed by atoms with Crippen LogP contribution in [0.2, 0.25) is 0 Å². The van der Waals surface area contributed by atoms with E-state index in [0.717, 1.165) is 30.4 Å². The predicted octanol–water partition coefficient (Wildman–Crippen LogP) is 5.39. The summed E-state index contributed by atoms with van der Waals surface area (Å²) >= 11 is 0. The lowest BCUT2D eigenvalue weighted by atomic mass is 9.89. The highest BCUT2D eigenvalue weighted by atomic mass is 16.5. The second-order valence-electron chi connectivity index (χ2n) is 8.60. The smallest absolute Gasteiger partial charge is 0.329 e. The fraction of sp³-hybridized carbons (Fsp3) is 0.286. The summed E-state index contributed by atoms with van der Waals surface area (Å²) in [4.78, 5) is 28.6. The van der Waals surface area contributed by atoms with Crippen LogP contribution in [-0.2, 0) is 20.7 Å². The Balaban J connectivity index is 1.46. The van der Waals surface area contributed by atoms with Crippen LogP contribution in [0.25, 0.3) is 0 Å². The Labute approximate surface area is 188 Å². The lowest BCUT2D eigenvalue weighted by Gasteiger charge is -2.41. The number of carbonyl (C=O) groups excluding carboxylic acids is 2. The summed E-state index contributed by atoms with van der Waals surface area (Å²) in [6, 6.07) is 27.2. The molecule has 4 heteroatoms. The minimum Gasteiger partial charge on any atom is -0.451 e. The van der Waals surface area contributed by atoms with Crippen LogP contribution in [0.4, 0.5) is 0 Å². The van der Waals surface area contributed by atoms with Crippen LogP contribution < -0.4 is 0 Å². The third kappa shape index (κ3) is 3.93. The van der Waals surface area contributed by atoms with Crippen LogP contribution >= 0.6 is 0 Å². The van der Waals surface area contributed by atoms with E-state index in [4.69, 9.17) is 4.74 Å². The number of esters is 1. The number of carbonyl (C=O) groups is 2. The largest absolute Gasteiger partial charge is 0.451 e. The molecule has 2 unspecified atom stereocenters. The number of ether oxygens (including phenoxy) is 1. The van der Waals surface area contributed by atoms with Crippen molar-refractivity contribution in [3.05, 3.63) is 107 Å². The Morgan fingerprint density at radius 1 is 0.812 bits per heavy atom. The summed E-state index contributed by atoms with van der Waals surface area (Å²) in [5, 5.41) is 0. The van der Waals surface area contributed by atoms with Gasteiger partial charge in [0, 0.05) is 6.42 Å². The van der Waals surface area contributed by atoms with Gasteiger partial charge in [0.1, 0.15) is 6.04 Å². The number of amides is 1. The molecule has 0 aliphatic carbocycles. The van der Waals surface area contributed by atoms with E-state index in [0.29, 0.717) is 12.8 Å². The highest BCUT2D eigenvalue weighted by Crippen LogP contribution is 2.40. The van der Waals surface area contributed by atoms with Crippen LogP contribution in [0.1, 0.15) is 60.1 Å². The van der Waals surface area contributed by atoms with Gasteiger partial charge in [0.05, 0.1) is 6.04 Å². The van der Waals surface area contributed by atoms with Gasteiger partial charge in [-0.05, 0) is 47.9 Å². The van der Waals surface area contributed by atoms with Gasteiger partial charge in [-0.2, -0.15) is 0 Å². The number of fused-ring (bicyclic) bond motifs is 3. The molecule has 2 heterocycles. The van der Waals surface area contributed by atoms with Crippen molar-refractivity contribution in [1.29, 1.82) is 0 Å². The van der Waals surface area contributed by atoms with E-state index >= 15 is 0 Å². The Hall–Kier alpha value is -3.40. The molecule has 3 aromatic carbocycles. The number of hydrogen-bond donors (Lipinski definition) is 0. The first-order chi connectivity index (χ1) is 15.7. The van der Waals surface area contributed by atoms with Crippen molar-refractivity contribution in [2.24, 2.45) is 0 Å². The Morgan fingerprint density at radius 2 is 1.44 bits per heavy atom. The molecular weight excluding hydrogens is 398 g/mol. The first-order valence-electron chi connectivity index (χ1n) is 11.4. The summed E-state index contributed by atoms with van der Waals surface area (Å²) < 4.78 is 6.16. The van der Waals surface area contributed by atoms with Gasteiger partial charge < -0.3 is 9.64 Å². The van der Waals surface area contributed by atoms with E-state index in [1.807, 2.05) is 77.7 Å². The molecule has 0 aromatic heterocycles. The lowest BCUT2D eigenvalue weighted by molar-refractivity contribution is -0.162. The molecular formula is C28H27NO3. The zero-order valence-corrected chi connectivity index (χ0v) is 18.0. The van der Waals surface area contributed by atoms with Crippen LogP contribution in [0.3, 0.4) is 0 Å². The standard InChI is InChI=1S/C28H27NO3/c30-26-19-18-20-10-7-8-15-23(20)24-16-9-17-25(29(24)26)28(31)32-27(21-11-3-1-4-12-21)22-13-5-2-6-14-22/h1-8,10-15,24-25,27H,9,16-19H2. The molecule has 1 saturated heterocycles. The maximum absolute atomic E-state index is 13.6. The van der Waals surface area contributed by atoms with Crippen LogP contribution in [-0.4, -0.2) is 22.8 Å². The Bertz CT molecular complexity index is 1060. The van der Waals surface area contributed by atoms with Crippen molar-refractivity contribution in [3.8, 4) is 0 Å². The molecule has 0 radical (unpaired) electrons.